The van der Waals surface area contributed by atoms with E-state index in [1.807, 2.05) is 0 Å². The third kappa shape index (κ3) is 3.87. The van der Waals surface area contributed by atoms with Crippen molar-refractivity contribution in [3.63, 3.8) is 0 Å². The predicted molar refractivity (Wildman–Crippen MR) is 103 cm³/mol. The lowest BCUT2D eigenvalue weighted by atomic mass is 10.1. The Hall–Kier alpha value is -2.80. The first-order chi connectivity index (χ1) is 14.0. The van der Waals surface area contributed by atoms with Crippen molar-refractivity contribution in [2.75, 3.05) is 14.2 Å². The molecule has 0 atom stereocenters. The second-order valence-corrected chi connectivity index (χ2v) is 8.21. The summed E-state index contributed by atoms with van der Waals surface area (Å²) in [5, 5.41) is 12.5. The Morgan fingerprint density at radius 2 is 2.10 bits per heavy atom. The summed E-state index contributed by atoms with van der Waals surface area (Å²) in [4.78, 5) is 44.3. The molecule has 11 nitrogen and oxygen atoms in total. The predicted octanol–water partition coefficient (Wildman–Crippen LogP) is 1.10. The lowest BCUT2D eigenvalue weighted by Gasteiger charge is -2.03. The fourth-order valence-electron chi connectivity index (χ4n) is 2.78. The molecule has 152 valence electrons. The van der Waals surface area contributed by atoms with Gasteiger partial charge in [0.15, 0.2) is 0 Å². The van der Waals surface area contributed by atoms with Gasteiger partial charge in [0.1, 0.15) is 15.5 Å². The smallest absolute Gasteiger partial charge is 0.348 e. The van der Waals surface area contributed by atoms with Crippen LogP contribution in [0.4, 0.5) is 0 Å². The lowest BCUT2D eigenvalue weighted by Crippen LogP contribution is -2.15. The van der Waals surface area contributed by atoms with E-state index >= 15 is 0 Å². The van der Waals surface area contributed by atoms with E-state index in [0.29, 0.717) is 27.6 Å². The quantitative estimate of drug-likeness (QED) is 0.422. The Balaban J connectivity index is 1.67. The molecule has 4 rings (SSSR count). The van der Waals surface area contributed by atoms with E-state index in [1.54, 1.807) is 4.68 Å². The van der Waals surface area contributed by atoms with Crippen LogP contribution in [0.25, 0.3) is 10.2 Å². The fourth-order valence-corrected chi connectivity index (χ4v) is 4.73. The van der Waals surface area contributed by atoms with Gasteiger partial charge in [-0.15, -0.1) is 16.4 Å². The number of aromatic nitrogens is 6. The molecular formula is C16H16N6O5S2. The van der Waals surface area contributed by atoms with Gasteiger partial charge in [0.2, 0.25) is 5.16 Å². The number of thiophene rings is 1. The van der Waals surface area contributed by atoms with Gasteiger partial charge in [0.05, 0.1) is 37.8 Å². The highest BCUT2D eigenvalue weighted by molar-refractivity contribution is 7.98. The molecule has 0 spiro atoms. The molecule has 1 N–H and O–H groups in total. The second kappa shape index (κ2) is 7.91. The van der Waals surface area contributed by atoms with Crippen molar-refractivity contribution in [3.05, 3.63) is 26.6 Å². The van der Waals surface area contributed by atoms with Crippen molar-refractivity contribution in [1.29, 1.82) is 0 Å². The van der Waals surface area contributed by atoms with Crippen LogP contribution >= 0.6 is 23.1 Å². The number of carbonyl (C=O) groups excluding carboxylic acids is 2. The number of hydrogen-bond acceptors (Lipinski definition) is 11. The highest BCUT2D eigenvalue weighted by Gasteiger charge is 2.28. The van der Waals surface area contributed by atoms with E-state index < -0.39 is 17.5 Å². The molecule has 1 aliphatic carbocycles. The minimum Gasteiger partial charge on any atom is -0.469 e. The monoisotopic (exact) mass is 436 g/mol. The average Bonchev–Trinajstić information content (AvgIpc) is 3.34. The maximum absolute atomic E-state index is 12.7. The number of carbonyl (C=O) groups is 2. The first-order valence-corrected chi connectivity index (χ1v) is 10.4. The zero-order valence-electron chi connectivity index (χ0n) is 15.5. The standard InChI is InChI=1S/C16H16N6O5S2/c1-26-10(23)5-8-11-13(24)17-9(18-14(11)29-12(8)15(25)27-2)6-28-16-19-20-21-22(16)7-3-4-7/h7H,3-6H2,1-2H3,(H,17,18,24). The van der Waals surface area contributed by atoms with Crippen LogP contribution in [-0.4, -0.2) is 56.3 Å². The molecule has 1 saturated carbocycles. The minimum absolute atomic E-state index is 0.161. The Labute approximate surface area is 171 Å². The number of H-pyrrole nitrogens is 1. The summed E-state index contributed by atoms with van der Waals surface area (Å²) in [5.74, 6) is -0.442. The van der Waals surface area contributed by atoms with Crippen LogP contribution in [0, 0.1) is 0 Å². The number of nitrogens with zero attached hydrogens (tertiary/aromatic N) is 5. The molecule has 0 aromatic carbocycles. The number of aromatic amines is 1. The normalized spacial score (nSPS) is 13.6. The molecule has 3 heterocycles. The van der Waals surface area contributed by atoms with E-state index in [9.17, 15) is 14.4 Å². The van der Waals surface area contributed by atoms with Crippen molar-refractivity contribution in [1.82, 2.24) is 30.2 Å². The Bertz CT molecular complexity index is 1150. The number of fused-ring (bicyclic) bond motifs is 1. The molecule has 0 radical (unpaired) electrons. The molecule has 13 heteroatoms. The Morgan fingerprint density at radius 3 is 2.79 bits per heavy atom. The van der Waals surface area contributed by atoms with Gasteiger partial charge in [-0.2, -0.15) is 0 Å². The van der Waals surface area contributed by atoms with Gasteiger partial charge in [-0.25, -0.2) is 14.5 Å². The van der Waals surface area contributed by atoms with Crippen LogP contribution in [0.2, 0.25) is 0 Å². The number of ether oxygens (including phenoxy) is 2. The van der Waals surface area contributed by atoms with Crippen LogP contribution in [0.1, 0.15) is 39.9 Å². The molecule has 3 aromatic rings. The summed E-state index contributed by atoms with van der Waals surface area (Å²) >= 11 is 2.37. The Morgan fingerprint density at radius 1 is 1.31 bits per heavy atom. The zero-order valence-corrected chi connectivity index (χ0v) is 17.1. The summed E-state index contributed by atoms with van der Waals surface area (Å²) in [6, 6.07) is 0.336. The largest absolute Gasteiger partial charge is 0.469 e. The third-order valence-corrected chi connectivity index (χ3v) is 6.37. The molecule has 0 amide bonds. The lowest BCUT2D eigenvalue weighted by molar-refractivity contribution is -0.139. The van der Waals surface area contributed by atoms with Gasteiger partial charge in [0.25, 0.3) is 5.56 Å². The number of tetrazole rings is 1. The molecule has 0 unspecified atom stereocenters. The number of esters is 2. The van der Waals surface area contributed by atoms with Crippen LogP contribution in [0.15, 0.2) is 9.95 Å². The van der Waals surface area contributed by atoms with E-state index in [-0.39, 0.29) is 22.2 Å². The van der Waals surface area contributed by atoms with Gasteiger partial charge in [-0.05, 0) is 23.3 Å². The van der Waals surface area contributed by atoms with Crippen LogP contribution in [0.5, 0.6) is 0 Å². The second-order valence-electron chi connectivity index (χ2n) is 6.27. The molecular weight excluding hydrogens is 420 g/mol. The molecule has 0 aliphatic heterocycles. The van der Waals surface area contributed by atoms with Crippen molar-refractivity contribution >= 4 is 45.3 Å². The summed E-state index contributed by atoms with van der Waals surface area (Å²) in [6.07, 6.45) is 1.87. The fraction of sp³-hybridized carbons (Fsp3) is 0.438. The molecule has 1 fully saturated rings. The first kappa shape index (κ1) is 19.5. The highest BCUT2D eigenvalue weighted by atomic mass is 32.2. The van der Waals surface area contributed by atoms with Gasteiger partial charge in [-0.1, -0.05) is 11.8 Å². The summed E-state index contributed by atoms with van der Waals surface area (Å²) < 4.78 is 11.2. The average molecular weight is 436 g/mol. The molecule has 29 heavy (non-hydrogen) atoms. The number of methoxy groups -OCH3 is 2. The van der Waals surface area contributed by atoms with Gasteiger partial charge < -0.3 is 14.5 Å². The van der Waals surface area contributed by atoms with E-state index in [1.165, 1.54) is 26.0 Å². The maximum atomic E-state index is 12.7. The topological polar surface area (TPSA) is 142 Å². The summed E-state index contributed by atoms with van der Waals surface area (Å²) in [6.45, 7) is 0. The zero-order chi connectivity index (χ0) is 20.5. The first-order valence-electron chi connectivity index (χ1n) is 8.62. The summed E-state index contributed by atoms with van der Waals surface area (Å²) in [5.41, 5.74) is -0.174. The molecule has 1 aliphatic rings. The highest BCUT2D eigenvalue weighted by Crippen LogP contribution is 2.37. The van der Waals surface area contributed by atoms with Crippen molar-refractivity contribution in [2.24, 2.45) is 0 Å². The third-order valence-electron chi connectivity index (χ3n) is 4.32. The SMILES string of the molecule is COC(=O)Cc1c(C(=O)OC)sc2nc(CSc3nnnn3C3CC3)[nH]c(=O)c12. The van der Waals surface area contributed by atoms with E-state index in [2.05, 4.69) is 30.2 Å². The van der Waals surface area contributed by atoms with Crippen LogP contribution in [-0.2, 0) is 26.4 Å². The maximum Gasteiger partial charge on any atom is 0.348 e. The molecule has 0 saturated heterocycles. The van der Waals surface area contributed by atoms with Crippen LogP contribution < -0.4 is 5.56 Å². The molecule has 3 aromatic heterocycles. The number of nitrogens with one attached hydrogen (secondary N) is 1. The van der Waals surface area contributed by atoms with Crippen molar-refractivity contribution < 1.29 is 19.1 Å². The number of hydrogen-bond donors (Lipinski definition) is 1. The van der Waals surface area contributed by atoms with Gasteiger partial charge in [0, 0.05) is 5.56 Å². The van der Waals surface area contributed by atoms with Gasteiger partial charge in [-0.3, -0.25) is 9.59 Å². The van der Waals surface area contributed by atoms with Crippen molar-refractivity contribution in [2.45, 2.75) is 36.2 Å². The number of rotatable bonds is 7. The minimum atomic E-state index is -0.633. The number of thioether (sulfide) groups is 1. The van der Waals surface area contributed by atoms with Gasteiger partial charge >= 0.3 is 11.9 Å². The molecule has 0 bridgehead atoms. The Kier molecular flexibility index (Phi) is 5.32. The summed E-state index contributed by atoms with van der Waals surface area (Å²) in [7, 11) is 2.47. The van der Waals surface area contributed by atoms with E-state index in [0.717, 1.165) is 24.2 Å². The van der Waals surface area contributed by atoms with Crippen molar-refractivity contribution in [3.8, 4) is 0 Å². The van der Waals surface area contributed by atoms with Crippen LogP contribution in [0.3, 0.4) is 0 Å². The van der Waals surface area contributed by atoms with E-state index in [4.69, 9.17) is 4.74 Å².